The molecular formula is C20H24Si2. The van der Waals surface area contributed by atoms with Gasteiger partial charge in [-0.2, -0.15) is 0 Å². The molecule has 0 heterocycles. The monoisotopic (exact) mass is 320 g/mol. The van der Waals surface area contributed by atoms with Crippen molar-refractivity contribution in [3.8, 4) is 22.9 Å². The van der Waals surface area contributed by atoms with Crippen LogP contribution in [0, 0.1) is 22.9 Å². The lowest BCUT2D eigenvalue weighted by atomic mass is 10.0. The van der Waals surface area contributed by atoms with Crippen LogP contribution < -0.4 is 0 Å². The van der Waals surface area contributed by atoms with Gasteiger partial charge in [-0.1, -0.05) is 63.3 Å². The van der Waals surface area contributed by atoms with Crippen LogP contribution in [0.4, 0.5) is 0 Å². The predicted octanol–water partition coefficient (Wildman–Crippen LogP) is 5.30. The Balaban J connectivity index is 2.36. The van der Waals surface area contributed by atoms with E-state index in [9.17, 15) is 0 Å². The Morgan fingerprint density at radius 3 is 1.27 bits per heavy atom. The van der Waals surface area contributed by atoms with Crippen molar-refractivity contribution in [2.75, 3.05) is 0 Å². The zero-order valence-electron chi connectivity index (χ0n) is 14.5. The molecular weight excluding hydrogens is 296 g/mol. The summed E-state index contributed by atoms with van der Waals surface area (Å²) in [5.41, 5.74) is 9.06. The third kappa shape index (κ3) is 5.22. The minimum absolute atomic E-state index is 1.11. The van der Waals surface area contributed by atoms with E-state index in [-0.39, 0.29) is 0 Å². The van der Waals surface area contributed by atoms with E-state index in [2.05, 4.69) is 98.6 Å². The fraction of sp³-hybridized carbons (Fsp3) is 0.300. The smallest absolute Gasteiger partial charge is 0.127 e. The highest BCUT2D eigenvalue weighted by atomic mass is 28.3. The summed E-state index contributed by atoms with van der Waals surface area (Å²) in [6, 6.07) is 12.9. The van der Waals surface area contributed by atoms with E-state index in [1.807, 2.05) is 0 Å². The van der Waals surface area contributed by atoms with Crippen LogP contribution in [0.3, 0.4) is 0 Å². The maximum atomic E-state index is 3.42. The van der Waals surface area contributed by atoms with Gasteiger partial charge in [-0.05, 0) is 35.0 Å². The summed E-state index contributed by atoms with van der Waals surface area (Å²) >= 11 is 0. The van der Waals surface area contributed by atoms with E-state index in [1.54, 1.807) is 0 Å². The Hall–Kier alpha value is -1.75. The molecule has 0 amide bonds. The number of benzene rings is 2. The molecule has 112 valence electrons. The summed E-state index contributed by atoms with van der Waals surface area (Å²) in [6.45, 7) is 13.6. The van der Waals surface area contributed by atoms with Crippen LogP contribution in [0.25, 0.3) is 10.8 Å². The van der Waals surface area contributed by atoms with Crippen molar-refractivity contribution >= 4 is 26.9 Å². The fourth-order valence-electron chi connectivity index (χ4n) is 1.92. The van der Waals surface area contributed by atoms with Crippen LogP contribution in [0.15, 0.2) is 36.4 Å². The molecule has 22 heavy (non-hydrogen) atoms. The van der Waals surface area contributed by atoms with Gasteiger partial charge in [-0.25, -0.2) is 0 Å². The topological polar surface area (TPSA) is 0 Å². The average molecular weight is 321 g/mol. The lowest BCUT2D eigenvalue weighted by Crippen LogP contribution is -2.16. The summed E-state index contributed by atoms with van der Waals surface area (Å²) in [4.78, 5) is 0. The normalized spacial score (nSPS) is 11.4. The molecule has 2 aromatic carbocycles. The van der Waals surface area contributed by atoms with Crippen molar-refractivity contribution in [2.45, 2.75) is 39.3 Å². The first-order valence-electron chi connectivity index (χ1n) is 7.73. The van der Waals surface area contributed by atoms with Crippen molar-refractivity contribution in [2.24, 2.45) is 0 Å². The summed E-state index contributed by atoms with van der Waals surface area (Å²) in [7, 11) is -2.64. The van der Waals surface area contributed by atoms with Gasteiger partial charge in [0.05, 0.1) is 0 Å². The van der Waals surface area contributed by atoms with Crippen LogP contribution in [-0.2, 0) is 0 Å². The van der Waals surface area contributed by atoms with Gasteiger partial charge in [-0.3, -0.25) is 0 Å². The molecule has 2 heteroatoms. The Labute approximate surface area is 137 Å². The molecule has 0 aliphatic heterocycles. The van der Waals surface area contributed by atoms with Gasteiger partial charge in [0.15, 0.2) is 0 Å². The zero-order valence-corrected chi connectivity index (χ0v) is 16.5. The molecule has 0 saturated heterocycles. The molecule has 0 nitrogen and oxygen atoms in total. The Morgan fingerprint density at radius 1 is 0.591 bits per heavy atom. The molecule has 0 atom stereocenters. The van der Waals surface area contributed by atoms with Crippen molar-refractivity contribution < 1.29 is 0 Å². The molecule has 0 aliphatic rings. The van der Waals surface area contributed by atoms with Crippen molar-refractivity contribution in [1.29, 1.82) is 0 Å². The number of hydrogen-bond acceptors (Lipinski definition) is 0. The Morgan fingerprint density at radius 2 is 0.955 bits per heavy atom. The predicted molar refractivity (Wildman–Crippen MR) is 104 cm³/mol. The lowest BCUT2D eigenvalue weighted by molar-refractivity contribution is 1.66. The van der Waals surface area contributed by atoms with Crippen LogP contribution >= 0.6 is 0 Å². The average Bonchev–Trinajstić information content (AvgIpc) is 2.41. The van der Waals surface area contributed by atoms with E-state index >= 15 is 0 Å². The largest absolute Gasteiger partial charge is 0.129 e. The second-order valence-electron chi connectivity index (χ2n) is 7.78. The quantitative estimate of drug-likeness (QED) is 0.456. The summed E-state index contributed by atoms with van der Waals surface area (Å²) in [5, 5.41) is 2.47. The molecule has 0 saturated carbocycles. The van der Waals surface area contributed by atoms with Crippen molar-refractivity contribution in [3.05, 3.63) is 47.5 Å². The first kappa shape index (κ1) is 16.6. The molecule has 0 radical (unpaired) electrons. The number of hydrogen-bond donors (Lipinski definition) is 0. The highest BCUT2D eigenvalue weighted by molar-refractivity contribution is 6.84. The van der Waals surface area contributed by atoms with E-state index in [4.69, 9.17) is 0 Å². The SMILES string of the molecule is C[Si](C)(C)C#Cc1ccc2cc(C#C[Si](C)(C)C)ccc2c1. The van der Waals surface area contributed by atoms with E-state index < -0.39 is 16.1 Å². The minimum atomic E-state index is -1.32. The molecule has 0 unspecified atom stereocenters. The third-order valence-electron chi connectivity index (χ3n) is 3.00. The molecule has 2 aromatic rings. The Bertz CT molecular complexity index is 739. The molecule has 0 aromatic heterocycles. The van der Waals surface area contributed by atoms with E-state index in [1.165, 1.54) is 10.8 Å². The summed E-state index contributed by atoms with van der Waals surface area (Å²) in [6.07, 6.45) is 0. The van der Waals surface area contributed by atoms with Gasteiger partial charge in [0.2, 0.25) is 0 Å². The molecule has 0 N–H and O–H groups in total. The molecule has 2 rings (SSSR count). The fourth-order valence-corrected chi connectivity index (χ4v) is 2.96. The van der Waals surface area contributed by atoms with Gasteiger partial charge in [0, 0.05) is 11.1 Å². The molecule has 0 spiro atoms. The molecule has 0 aliphatic carbocycles. The highest BCUT2D eigenvalue weighted by Gasteiger charge is 2.08. The number of fused-ring (bicyclic) bond motifs is 1. The van der Waals surface area contributed by atoms with Crippen molar-refractivity contribution in [1.82, 2.24) is 0 Å². The minimum Gasteiger partial charge on any atom is -0.127 e. The van der Waals surface area contributed by atoms with Crippen LogP contribution in [0.1, 0.15) is 11.1 Å². The molecule has 0 fully saturated rings. The second kappa shape index (κ2) is 6.17. The van der Waals surface area contributed by atoms with Gasteiger partial charge in [0.1, 0.15) is 16.1 Å². The zero-order chi connectivity index (χ0) is 16.4. The molecule has 0 bridgehead atoms. The van der Waals surface area contributed by atoms with E-state index in [0.717, 1.165) is 11.1 Å². The van der Waals surface area contributed by atoms with Gasteiger partial charge in [0.25, 0.3) is 0 Å². The lowest BCUT2D eigenvalue weighted by Gasteiger charge is -2.05. The van der Waals surface area contributed by atoms with E-state index in [0.29, 0.717) is 0 Å². The van der Waals surface area contributed by atoms with Crippen LogP contribution in [0.5, 0.6) is 0 Å². The standard InChI is InChI=1S/C20H24Si2/c1-21(2,3)13-11-17-7-9-20-16-18(8-10-19(20)15-17)12-14-22(4,5)6/h7-10,15-16H,1-6H3. The maximum Gasteiger partial charge on any atom is 0.129 e. The number of rotatable bonds is 0. The maximum absolute atomic E-state index is 3.42. The van der Waals surface area contributed by atoms with Gasteiger partial charge >= 0.3 is 0 Å². The Kier molecular flexibility index (Phi) is 4.66. The second-order valence-corrected chi connectivity index (χ2v) is 17.3. The van der Waals surface area contributed by atoms with Gasteiger partial charge < -0.3 is 0 Å². The van der Waals surface area contributed by atoms with Crippen LogP contribution in [-0.4, -0.2) is 16.1 Å². The van der Waals surface area contributed by atoms with Gasteiger partial charge in [-0.15, -0.1) is 11.1 Å². The third-order valence-corrected chi connectivity index (χ3v) is 4.75. The van der Waals surface area contributed by atoms with Crippen LogP contribution in [0.2, 0.25) is 39.3 Å². The first-order valence-corrected chi connectivity index (χ1v) is 14.7. The first-order chi connectivity index (χ1) is 10.1. The highest BCUT2D eigenvalue weighted by Crippen LogP contribution is 2.17. The van der Waals surface area contributed by atoms with Crippen molar-refractivity contribution in [3.63, 3.8) is 0 Å². The summed E-state index contributed by atoms with van der Waals surface area (Å²) < 4.78 is 0. The summed E-state index contributed by atoms with van der Waals surface area (Å²) in [5.74, 6) is 6.65.